The summed E-state index contributed by atoms with van der Waals surface area (Å²) in [4.78, 5) is 0. The standard InChI is InChI=1S/C9H11BrN4O2S2/c1-5-2-7(17-8(5)10)18(15,16)13-4-6-3-12-14-9(6)11/h2-3,13H,4H2,1H3,(H3,11,12,14). The highest BCUT2D eigenvalue weighted by molar-refractivity contribution is 9.11. The van der Waals surface area contributed by atoms with E-state index in [1.54, 1.807) is 6.07 Å². The van der Waals surface area contributed by atoms with Crippen molar-refractivity contribution in [2.45, 2.75) is 17.7 Å². The first-order valence-electron chi connectivity index (χ1n) is 4.93. The molecule has 9 heteroatoms. The summed E-state index contributed by atoms with van der Waals surface area (Å²) in [5.41, 5.74) is 7.09. The number of anilines is 1. The summed E-state index contributed by atoms with van der Waals surface area (Å²) >= 11 is 4.48. The van der Waals surface area contributed by atoms with E-state index >= 15 is 0 Å². The van der Waals surface area contributed by atoms with E-state index in [0.29, 0.717) is 11.4 Å². The van der Waals surface area contributed by atoms with E-state index in [4.69, 9.17) is 5.73 Å². The van der Waals surface area contributed by atoms with Gasteiger partial charge in [-0.05, 0) is 34.5 Å². The molecule has 2 aromatic rings. The van der Waals surface area contributed by atoms with Gasteiger partial charge in [-0.1, -0.05) is 0 Å². The molecule has 18 heavy (non-hydrogen) atoms. The molecule has 0 amide bonds. The number of nitrogens with one attached hydrogen (secondary N) is 2. The van der Waals surface area contributed by atoms with E-state index in [0.717, 1.165) is 9.35 Å². The number of rotatable bonds is 4. The van der Waals surface area contributed by atoms with Gasteiger partial charge in [0.2, 0.25) is 10.0 Å². The van der Waals surface area contributed by atoms with E-state index in [-0.39, 0.29) is 10.8 Å². The van der Waals surface area contributed by atoms with Crippen LogP contribution in [0.1, 0.15) is 11.1 Å². The Kier molecular flexibility index (Phi) is 3.76. The van der Waals surface area contributed by atoms with Gasteiger partial charge >= 0.3 is 0 Å². The van der Waals surface area contributed by atoms with Crippen LogP contribution in [0.3, 0.4) is 0 Å². The van der Waals surface area contributed by atoms with Crippen molar-refractivity contribution in [3.05, 3.63) is 27.2 Å². The summed E-state index contributed by atoms with van der Waals surface area (Å²) in [6.07, 6.45) is 1.49. The number of sulfonamides is 1. The smallest absolute Gasteiger partial charge is 0.250 e. The van der Waals surface area contributed by atoms with Crippen molar-refractivity contribution in [3.8, 4) is 0 Å². The van der Waals surface area contributed by atoms with Crippen molar-refractivity contribution < 1.29 is 8.42 Å². The topological polar surface area (TPSA) is 101 Å². The van der Waals surface area contributed by atoms with Crippen LogP contribution in [0.5, 0.6) is 0 Å². The third kappa shape index (κ3) is 2.74. The van der Waals surface area contributed by atoms with Gasteiger partial charge in [0, 0.05) is 12.1 Å². The third-order valence-corrected chi connectivity index (χ3v) is 6.31. The second-order valence-electron chi connectivity index (χ2n) is 3.66. The minimum atomic E-state index is -3.51. The maximum Gasteiger partial charge on any atom is 0.250 e. The highest BCUT2D eigenvalue weighted by atomic mass is 79.9. The number of hydrogen-bond donors (Lipinski definition) is 3. The SMILES string of the molecule is Cc1cc(S(=O)(=O)NCc2cn[nH]c2N)sc1Br. The first-order chi connectivity index (χ1) is 8.40. The van der Waals surface area contributed by atoms with Crippen LogP contribution < -0.4 is 10.5 Å². The summed E-state index contributed by atoms with van der Waals surface area (Å²) in [5.74, 6) is 0.362. The van der Waals surface area contributed by atoms with Crippen molar-refractivity contribution in [2.24, 2.45) is 0 Å². The van der Waals surface area contributed by atoms with Gasteiger partial charge < -0.3 is 5.73 Å². The largest absolute Gasteiger partial charge is 0.384 e. The number of H-pyrrole nitrogens is 1. The minimum Gasteiger partial charge on any atom is -0.384 e. The molecule has 0 saturated heterocycles. The molecule has 0 spiro atoms. The van der Waals surface area contributed by atoms with Gasteiger partial charge in [-0.2, -0.15) is 5.10 Å². The van der Waals surface area contributed by atoms with E-state index in [1.165, 1.54) is 17.5 Å². The number of halogens is 1. The van der Waals surface area contributed by atoms with Gasteiger partial charge in [0.05, 0.1) is 9.98 Å². The van der Waals surface area contributed by atoms with Gasteiger partial charge in [0.1, 0.15) is 10.0 Å². The van der Waals surface area contributed by atoms with Gasteiger partial charge in [0.15, 0.2) is 0 Å². The van der Waals surface area contributed by atoms with Crippen molar-refractivity contribution >= 4 is 43.1 Å². The normalized spacial score (nSPS) is 11.9. The van der Waals surface area contributed by atoms with E-state index in [9.17, 15) is 8.42 Å². The molecule has 4 N–H and O–H groups in total. The molecule has 0 radical (unpaired) electrons. The summed E-state index contributed by atoms with van der Waals surface area (Å²) in [6, 6.07) is 1.62. The van der Waals surface area contributed by atoms with Crippen molar-refractivity contribution in [1.82, 2.24) is 14.9 Å². The lowest BCUT2D eigenvalue weighted by Gasteiger charge is -2.03. The van der Waals surface area contributed by atoms with Crippen molar-refractivity contribution in [3.63, 3.8) is 0 Å². The number of thiophene rings is 1. The van der Waals surface area contributed by atoms with Gasteiger partial charge in [-0.15, -0.1) is 11.3 Å². The Morgan fingerprint density at radius 3 is 2.83 bits per heavy atom. The molecule has 0 fully saturated rings. The van der Waals surface area contributed by atoms with Gasteiger partial charge in [-0.3, -0.25) is 5.10 Å². The molecule has 0 aliphatic carbocycles. The molecular formula is C9H11BrN4O2S2. The van der Waals surface area contributed by atoms with Crippen LogP contribution in [0.25, 0.3) is 0 Å². The molecule has 0 saturated carbocycles. The summed E-state index contributed by atoms with van der Waals surface area (Å²) in [7, 11) is -3.51. The Balaban J connectivity index is 2.15. The maximum atomic E-state index is 12.0. The number of nitrogens with two attached hydrogens (primary N) is 1. The molecule has 2 aromatic heterocycles. The molecule has 0 atom stereocenters. The van der Waals surface area contributed by atoms with Crippen LogP contribution in [0, 0.1) is 6.92 Å². The second-order valence-corrected chi connectivity index (χ2v) is 8.02. The summed E-state index contributed by atoms with van der Waals surface area (Å²) in [5, 5.41) is 6.27. The molecule has 0 aliphatic rings. The van der Waals surface area contributed by atoms with Gasteiger partial charge in [-0.25, -0.2) is 13.1 Å². The number of nitrogens with zero attached hydrogens (tertiary/aromatic N) is 1. The van der Waals surface area contributed by atoms with Crippen molar-refractivity contribution in [2.75, 3.05) is 5.73 Å². The average molecular weight is 351 g/mol. The maximum absolute atomic E-state index is 12.0. The predicted molar refractivity (Wildman–Crippen MR) is 73.8 cm³/mol. The van der Waals surface area contributed by atoms with Crippen molar-refractivity contribution in [1.29, 1.82) is 0 Å². The molecule has 6 nitrogen and oxygen atoms in total. The lowest BCUT2D eigenvalue weighted by molar-refractivity contribution is 0.583. The Bertz CT molecular complexity index is 642. The lowest BCUT2D eigenvalue weighted by Crippen LogP contribution is -2.22. The minimum absolute atomic E-state index is 0.110. The highest BCUT2D eigenvalue weighted by Crippen LogP contribution is 2.30. The number of aromatic nitrogens is 2. The Hall–Kier alpha value is -0.900. The van der Waals surface area contributed by atoms with E-state index < -0.39 is 10.0 Å². The molecule has 98 valence electrons. The third-order valence-electron chi connectivity index (χ3n) is 2.30. The fourth-order valence-electron chi connectivity index (χ4n) is 1.27. The predicted octanol–water partition coefficient (Wildman–Crippen LogP) is 1.60. The first-order valence-corrected chi connectivity index (χ1v) is 8.03. The first kappa shape index (κ1) is 13.5. The number of aromatic amines is 1. The monoisotopic (exact) mass is 350 g/mol. The van der Waals surface area contributed by atoms with Crippen LogP contribution in [0.4, 0.5) is 5.82 Å². The highest BCUT2D eigenvalue weighted by Gasteiger charge is 2.18. The molecule has 0 unspecified atom stereocenters. The van der Waals surface area contributed by atoms with Crippen LogP contribution >= 0.6 is 27.3 Å². The number of hydrogen-bond acceptors (Lipinski definition) is 5. The Morgan fingerprint density at radius 1 is 1.61 bits per heavy atom. The summed E-state index contributed by atoms with van der Waals surface area (Å²) < 4.78 is 27.6. The van der Waals surface area contributed by atoms with Crippen LogP contribution in [0.15, 0.2) is 20.3 Å². The van der Waals surface area contributed by atoms with Crippen LogP contribution in [-0.4, -0.2) is 18.6 Å². The molecular weight excluding hydrogens is 340 g/mol. The zero-order valence-corrected chi connectivity index (χ0v) is 12.6. The van der Waals surface area contributed by atoms with Crippen LogP contribution in [0.2, 0.25) is 0 Å². The quantitative estimate of drug-likeness (QED) is 0.779. The number of aryl methyl sites for hydroxylation is 1. The molecule has 2 heterocycles. The van der Waals surface area contributed by atoms with E-state index in [2.05, 4.69) is 30.8 Å². The van der Waals surface area contributed by atoms with E-state index in [1.807, 2.05) is 6.92 Å². The molecule has 0 bridgehead atoms. The summed E-state index contributed by atoms with van der Waals surface area (Å²) in [6.45, 7) is 1.95. The molecule has 2 rings (SSSR count). The fourth-order valence-corrected chi connectivity index (χ4v) is 4.55. The Morgan fingerprint density at radius 2 is 2.33 bits per heavy atom. The zero-order chi connectivity index (χ0) is 13.3. The Labute approximate surface area is 117 Å². The van der Waals surface area contributed by atoms with Crippen LogP contribution in [-0.2, 0) is 16.6 Å². The lowest BCUT2D eigenvalue weighted by atomic mass is 10.3. The fraction of sp³-hybridized carbons (Fsp3) is 0.222. The second kappa shape index (κ2) is 5.00. The average Bonchev–Trinajstić information content (AvgIpc) is 2.84. The molecule has 0 aliphatic heterocycles. The number of nitrogen functional groups attached to an aromatic ring is 1. The molecule has 0 aromatic carbocycles. The zero-order valence-electron chi connectivity index (χ0n) is 9.40. The van der Waals surface area contributed by atoms with Gasteiger partial charge in [0.25, 0.3) is 0 Å².